The van der Waals surface area contributed by atoms with E-state index in [1.807, 2.05) is 18.2 Å². The summed E-state index contributed by atoms with van der Waals surface area (Å²) in [4.78, 5) is 19.1. The Kier molecular flexibility index (Phi) is 5.23. The van der Waals surface area contributed by atoms with Crippen molar-refractivity contribution in [2.75, 3.05) is 0 Å². The summed E-state index contributed by atoms with van der Waals surface area (Å²) in [5, 5.41) is 4.56. The molecular weight excluding hydrogens is 294 g/mol. The lowest BCUT2D eigenvalue weighted by atomic mass is 10.2. The Bertz CT molecular complexity index is 642. The normalized spacial score (nSPS) is 11.0. The molecule has 0 aliphatic heterocycles. The Labute approximate surface area is 127 Å². The minimum absolute atomic E-state index is 0.170. The highest BCUT2D eigenvalue weighted by atomic mass is 35.5. The zero-order chi connectivity index (χ0) is 14.5. The first-order valence-corrected chi connectivity index (χ1v) is 7.49. The molecule has 0 saturated carbocycles. The molecule has 0 amide bonds. The molecule has 1 heterocycles. The van der Waals surface area contributed by atoms with Crippen molar-refractivity contribution in [1.82, 2.24) is 15.3 Å². The highest BCUT2D eigenvalue weighted by Gasteiger charge is 2.10. The fraction of sp³-hybridized carbons (Fsp3) is 0.286. The number of H-pyrrole nitrogens is 1. The van der Waals surface area contributed by atoms with Gasteiger partial charge < -0.3 is 10.3 Å². The van der Waals surface area contributed by atoms with Gasteiger partial charge in [-0.25, -0.2) is 4.98 Å². The number of rotatable bonds is 5. The third-order valence-electron chi connectivity index (χ3n) is 2.60. The lowest BCUT2D eigenvalue weighted by Gasteiger charge is -2.13. The van der Waals surface area contributed by atoms with Crippen molar-refractivity contribution >= 4 is 23.4 Å². The van der Waals surface area contributed by atoms with Gasteiger partial charge >= 0.3 is 0 Å². The maximum Gasteiger partial charge on any atom is 0.251 e. The molecule has 0 spiro atoms. The summed E-state index contributed by atoms with van der Waals surface area (Å²) in [5.74, 6) is 0. The van der Waals surface area contributed by atoms with Gasteiger partial charge in [0, 0.05) is 29.7 Å². The number of halogens is 1. The standard InChI is InChI=1S/C14H16ClN3OS/c1-9(2)17-8-10-4-3-5-11(15)13(10)20-14-16-7-6-12(19)18-14/h3-7,9,17H,8H2,1-2H3,(H,16,18,19). The van der Waals surface area contributed by atoms with Crippen LogP contribution < -0.4 is 10.9 Å². The van der Waals surface area contributed by atoms with Crippen LogP contribution in [0.25, 0.3) is 0 Å². The quantitative estimate of drug-likeness (QED) is 0.833. The molecule has 2 aromatic rings. The molecule has 1 aromatic heterocycles. The second-order valence-corrected chi connectivity index (χ2v) is 6.01. The lowest BCUT2D eigenvalue weighted by Crippen LogP contribution is -2.22. The molecule has 0 fully saturated rings. The molecule has 0 aliphatic carbocycles. The van der Waals surface area contributed by atoms with Crippen molar-refractivity contribution in [2.24, 2.45) is 0 Å². The minimum atomic E-state index is -0.170. The maximum atomic E-state index is 11.3. The van der Waals surface area contributed by atoms with Crippen LogP contribution in [0.3, 0.4) is 0 Å². The zero-order valence-corrected chi connectivity index (χ0v) is 12.9. The van der Waals surface area contributed by atoms with Gasteiger partial charge in [-0.05, 0) is 23.4 Å². The number of hydrogen-bond acceptors (Lipinski definition) is 4. The second-order valence-electron chi connectivity index (χ2n) is 4.60. The third-order valence-corrected chi connectivity index (χ3v) is 4.11. The average Bonchev–Trinajstić information content (AvgIpc) is 2.39. The minimum Gasteiger partial charge on any atom is -0.310 e. The van der Waals surface area contributed by atoms with Gasteiger partial charge in [0.2, 0.25) is 0 Å². The molecular formula is C14H16ClN3OS. The average molecular weight is 310 g/mol. The molecule has 6 heteroatoms. The van der Waals surface area contributed by atoms with Crippen LogP contribution in [0.4, 0.5) is 0 Å². The van der Waals surface area contributed by atoms with Crippen LogP contribution in [0.15, 0.2) is 45.3 Å². The summed E-state index contributed by atoms with van der Waals surface area (Å²) in [6.07, 6.45) is 1.49. The SMILES string of the molecule is CC(C)NCc1cccc(Cl)c1Sc1nccc(=O)[nH]1. The van der Waals surface area contributed by atoms with E-state index in [4.69, 9.17) is 11.6 Å². The number of hydrogen-bond donors (Lipinski definition) is 2. The monoisotopic (exact) mass is 309 g/mol. The fourth-order valence-electron chi connectivity index (χ4n) is 1.62. The molecule has 0 aliphatic rings. The number of aromatic amines is 1. The van der Waals surface area contributed by atoms with Crippen LogP contribution in [-0.2, 0) is 6.54 Å². The Balaban J connectivity index is 2.27. The van der Waals surface area contributed by atoms with Crippen molar-refractivity contribution in [1.29, 1.82) is 0 Å². The van der Waals surface area contributed by atoms with E-state index in [1.165, 1.54) is 24.0 Å². The largest absolute Gasteiger partial charge is 0.310 e. The smallest absolute Gasteiger partial charge is 0.251 e. The number of benzene rings is 1. The van der Waals surface area contributed by atoms with Crippen molar-refractivity contribution in [3.8, 4) is 0 Å². The topological polar surface area (TPSA) is 57.8 Å². The Hall–Kier alpha value is -1.30. The van der Waals surface area contributed by atoms with Gasteiger partial charge in [-0.3, -0.25) is 4.79 Å². The van der Waals surface area contributed by atoms with Gasteiger partial charge in [0.1, 0.15) is 0 Å². The molecule has 4 nitrogen and oxygen atoms in total. The Morgan fingerprint density at radius 1 is 1.40 bits per heavy atom. The predicted molar refractivity (Wildman–Crippen MR) is 82.4 cm³/mol. The van der Waals surface area contributed by atoms with E-state index in [-0.39, 0.29) is 5.56 Å². The second kappa shape index (κ2) is 6.92. The summed E-state index contributed by atoms with van der Waals surface area (Å²) >= 11 is 7.63. The van der Waals surface area contributed by atoms with E-state index >= 15 is 0 Å². The molecule has 2 N–H and O–H groups in total. The van der Waals surface area contributed by atoms with Gasteiger partial charge in [-0.15, -0.1) is 0 Å². The molecule has 106 valence electrons. The zero-order valence-electron chi connectivity index (χ0n) is 11.3. The molecule has 0 radical (unpaired) electrons. The fourth-order valence-corrected chi connectivity index (χ4v) is 2.83. The van der Waals surface area contributed by atoms with Crippen molar-refractivity contribution in [3.63, 3.8) is 0 Å². The summed E-state index contributed by atoms with van der Waals surface area (Å²) in [5.41, 5.74) is 0.916. The van der Waals surface area contributed by atoms with Crippen LogP contribution in [-0.4, -0.2) is 16.0 Å². The van der Waals surface area contributed by atoms with Gasteiger partial charge in [0.05, 0.1) is 5.02 Å². The first kappa shape index (κ1) is 15.1. The van der Waals surface area contributed by atoms with Crippen molar-refractivity contribution in [3.05, 3.63) is 51.4 Å². The van der Waals surface area contributed by atoms with E-state index < -0.39 is 0 Å². The molecule has 1 aromatic carbocycles. The molecule has 0 atom stereocenters. The number of aromatic nitrogens is 2. The summed E-state index contributed by atoms with van der Waals surface area (Å²) in [6, 6.07) is 7.55. The maximum absolute atomic E-state index is 11.3. The third kappa shape index (κ3) is 4.10. The van der Waals surface area contributed by atoms with Gasteiger partial charge in [0.15, 0.2) is 5.16 Å². The van der Waals surface area contributed by atoms with Gasteiger partial charge in [-0.2, -0.15) is 0 Å². The van der Waals surface area contributed by atoms with Crippen LogP contribution >= 0.6 is 23.4 Å². The molecule has 0 saturated heterocycles. The van der Waals surface area contributed by atoms with Crippen molar-refractivity contribution < 1.29 is 0 Å². The van der Waals surface area contributed by atoms with Crippen LogP contribution in [0.1, 0.15) is 19.4 Å². The lowest BCUT2D eigenvalue weighted by molar-refractivity contribution is 0.585. The van der Waals surface area contributed by atoms with E-state index in [1.54, 1.807) is 0 Å². The molecule has 20 heavy (non-hydrogen) atoms. The van der Waals surface area contributed by atoms with E-state index in [0.717, 1.165) is 17.0 Å². The summed E-state index contributed by atoms with van der Waals surface area (Å²) in [6.45, 7) is 4.90. The van der Waals surface area contributed by atoms with Crippen LogP contribution in [0.5, 0.6) is 0 Å². The van der Waals surface area contributed by atoms with E-state index in [2.05, 4.69) is 29.1 Å². The first-order valence-electron chi connectivity index (χ1n) is 6.30. The van der Waals surface area contributed by atoms with Crippen LogP contribution in [0, 0.1) is 0 Å². The Morgan fingerprint density at radius 2 is 2.20 bits per heavy atom. The van der Waals surface area contributed by atoms with Crippen LogP contribution in [0.2, 0.25) is 5.02 Å². The van der Waals surface area contributed by atoms with E-state index in [0.29, 0.717) is 16.2 Å². The molecule has 0 bridgehead atoms. The molecule has 2 rings (SSSR count). The van der Waals surface area contributed by atoms with Crippen molar-refractivity contribution in [2.45, 2.75) is 36.5 Å². The highest BCUT2D eigenvalue weighted by molar-refractivity contribution is 7.99. The summed E-state index contributed by atoms with van der Waals surface area (Å²) < 4.78 is 0. The number of nitrogens with zero attached hydrogens (tertiary/aromatic N) is 1. The Morgan fingerprint density at radius 3 is 2.90 bits per heavy atom. The summed E-state index contributed by atoms with van der Waals surface area (Å²) in [7, 11) is 0. The van der Waals surface area contributed by atoms with E-state index in [9.17, 15) is 4.79 Å². The first-order chi connectivity index (χ1) is 9.56. The van der Waals surface area contributed by atoms with Gasteiger partial charge in [0.25, 0.3) is 5.56 Å². The molecule has 0 unspecified atom stereocenters. The number of nitrogens with one attached hydrogen (secondary N) is 2. The highest BCUT2D eigenvalue weighted by Crippen LogP contribution is 2.33. The predicted octanol–water partition coefficient (Wildman–Crippen LogP) is 3.07. The van der Waals surface area contributed by atoms with Gasteiger partial charge in [-0.1, -0.05) is 37.6 Å².